The maximum Gasteiger partial charge on any atom is 0.159 e. The SMILES string of the molecule is O=S1(=O)CC(O)C([NH2+]CCc2ccccc2)C1. The van der Waals surface area contributed by atoms with Crippen molar-refractivity contribution in [1.29, 1.82) is 0 Å². The Hall–Kier alpha value is -0.910. The van der Waals surface area contributed by atoms with E-state index < -0.39 is 15.9 Å². The maximum atomic E-state index is 11.3. The maximum absolute atomic E-state index is 11.3. The van der Waals surface area contributed by atoms with Crippen molar-refractivity contribution in [2.75, 3.05) is 18.1 Å². The lowest BCUT2D eigenvalue weighted by atomic mass is 10.1. The normalized spacial score (nSPS) is 27.1. The van der Waals surface area contributed by atoms with Crippen LogP contribution in [0.4, 0.5) is 0 Å². The molecule has 0 bridgehead atoms. The van der Waals surface area contributed by atoms with E-state index in [-0.39, 0.29) is 17.5 Å². The van der Waals surface area contributed by atoms with Gasteiger partial charge in [-0.15, -0.1) is 0 Å². The molecule has 1 heterocycles. The van der Waals surface area contributed by atoms with E-state index in [1.165, 1.54) is 5.56 Å². The molecule has 0 saturated carbocycles. The molecular weight excluding hydrogens is 238 g/mol. The van der Waals surface area contributed by atoms with E-state index in [9.17, 15) is 13.5 Å². The number of rotatable bonds is 4. The summed E-state index contributed by atoms with van der Waals surface area (Å²) >= 11 is 0. The summed E-state index contributed by atoms with van der Waals surface area (Å²) in [5.74, 6) is 0.0163. The topological polar surface area (TPSA) is 71.0 Å². The Morgan fingerprint density at radius 3 is 2.53 bits per heavy atom. The van der Waals surface area contributed by atoms with Crippen LogP contribution in [0.3, 0.4) is 0 Å². The van der Waals surface area contributed by atoms with Crippen LogP contribution in [0.15, 0.2) is 30.3 Å². The molecule has 1 aromatic rings. The molecule has 17 heavy (non-hydrogen) atoms. The van der Waals surface area contributed by atoms with Gasteiger partial charge in [-0.3, -0.25) is 0 Å². The quantitative estimate of drug-likeness (QED) is 0.722. The van der Waals surface area contributed by atoms with E-state index in [4.69, 9.17) is 0 Å². The third kappa shape index (κ3) is 3.52. The van der Waals surface area contributed by atoms with Crippen LogP contribution >= 0.6 is 0 Å². The van der Waals surface area contributed by atoms with E-state index >= 15 is 0 Å². The molecule has 2 unspecified atom stereocenters. The first-order valence-electron chi connectivity index (χ1n) is 5.82. The Labute approximate surface area is 102 Å². The summed E-state index contributed by atoms with van der Waals surface area (Å²) in [6.07, 6.45) is 0.181. The lowest BCUT2D eigenvalue weighted by molar-refractivity contribution is -0.690. The molecule has 1 aliphatic rings. The van der Waals surface area contributed by atoms with Gasteiger partial charge in [0, 0.05) is 6.42 Å². The predicted octanol–water partition coefficient (Wildman–Crippen LogP) is -1.05. The Kier molecular flexibility index (Phi) is 3.81. The molecule has 2 atom stereocenters. The number of aliphatic hydroxyl groups is 1. The van der Waals surface area contributed by atoms with Crippen molar-refractivity contribution in [3.63, 3.8) is 0 Å². The standard InChI is InChI=1S/C12H17NO3S/c14-12-9-17(15,16)8-11(12)13-7-6-10-4-2-1-3-5-10/h1-5,11-14H,6-9H2/p+1. The fraction of sp³-hybridized carbons (Fsp3) is 0.500. The van der Waals surface area contributed by atoms with Crippen molar-refractivity contribution in [2.45, 2.75) is 18.6 Å². The summed E-state index contributed by atoms with van der Waals surface area (Å²) < 4.78 is 22.6. The summed E-state index contributed by atoms with van der Waals surface area (Å²) in [5, 5.41) is 11.6. The second-order valence-electron chi connectivity index (χ2n) is 4.57. The Balaban J connectivity index is 1.80. The van der Waals surface area contributed by atoms with Gasteiger partial charge in [-0.2, -0.15) is 0 Å². The highest BCUT2D eigenvalue weighted by Gasteiger charge is 2.38. The van der Waals surface area contributed by atoms with Gasteiger partial charge in [-0.1, -0.05) is 30.3 Å². The van der Waals surface area contributed by atoms with E-state index in [0.29, 0.717) is 0 Å². The number of hydrogen-bond acceptors (Lipinski definition) is 3. The average molecular weight is 256 g/mol. The second kappa shape index (κ2) is 5.16. The molecule has 94 valence electrons. The van der Waals surface area contributed by atoms with E-state index in [1.807, 2.05) is 23.5 Å². The molecule has 1 fully saturated rings. The molecule has 2 rings (SSSR count). The summed E-state index contributed by atoms with van der Waals surface area (Å²) in [6.45, 7) is 0.807. The Morgan fingerprint density at radius 2 is 1.94 bits per heavy atom. The van der Waals surface area contributed by atoms with Crippen LogP contribution in [0, 0.1) is 0 Å². The fourth-order valence-corrected chi connectivity index (χ4v) is 4.04. The van der Waals surface area contributed by atoms with E-state index in [2.05, 4.69) is 12.1 Å². The lowest BCUT2D eigenvalue weighted by Gasteiger charge is -2.11. The first-order valence-corrected chi connectivity index (χ1v) is 7.65. The Morgan fingerprint density at radius 1 is 1.24 bits per heavy atom. The zero-order valence-corrected chi connectivity index (χ0v) is 10.4. The van der Waals surface area contributed by atoms with Gasteiger partial charge in [0.2, 0.25) is 0 Å². The molecule has 0 spiro atoms. The number of benzene rings is 1. The van der Waals surface area contributed by atoms with Gasteiger partial charge in [0.25, 0.3) is 0 Å². The van der Waals surface area contributed by atoms with Crippen LogP contribution in [0.2, 0.25) is 0 Å². The van der Waals surface area contributed by atoms with Gasteiger partial charge >= 0.3 is 0 Å². The third-order valence-electron chi connectivity index (χ3n) is 3.11. The molecule has 1 aliphatic heterocycles. The molecule has 0 aliphatic carbocycles. The minimum Gasteiger partial charge on any atom is -0.386 e. The average Bonchev–Trinajstić information content (AvgIpc) is 2.53. The van der Waals surface area contributed by atoms with E-state index in [0.717, 1.165) is 13.0 Å². The number of quaternary nitrogens is 1. The highest BCUT2D eigenvalue weighted by Crippen LogP contribution is 2.09. The minimum atomic E-state index is -3.02. The molecule has 3 N–H and O–H groups in total. The number of nitrogens with two attached hydrogens (primary N) is 1. The van der Waals surface area contributed by atoms with Gasteiger partial charge in [0.15, 0.2) is 9.84 Å². The molecule has 5 heteroatoms. The zero-order chi connectivity index (χ0) is 12.3. The molecule has 4 nitrogen and oxygen atoms in total. The van der Waals surface area contributed by atoms with Crippen LogP contribution in [0.1, 0.15) is 5.56 Å². The highest BCUT2D eigenvalue weighted by molar-refractivity contribution is 7.91. The van der Waals surface area contributed by atoms with Gasteiger partial charge in [-0.05, 0) is 5.56 Å². The lowest BCUT2D eigenvalue weighted by Crippen LogP contribution is -2.93. The summed E-state index contributed by atoms with van der Waals surface area (Å²) in [7, 11) is -3.02. The number of sulfone groups is 1. The van der Waals surface area contributed by atoms with Gasteiger partial charge in [-0.25, -0.2) is 8.42 Å². The monoisotopic (exact) mass is 256 g/mol. The van der Waals surface area contributed by atoms with Crippen molar-refractivity contribution in [2.24, 2.45) is 0 Å². The predicted molar refractivity (Wildman–Crippen MR) is 65.4 cm³/mol. The summed E-state index contributed by atoms with van der Waals surface area (Å²) in [4.78, 5) is 0. The molecule has 0 aromatic heterocycles. The van der Waals surface area contributed by atoms with Crippen LogP contribution in [-0.2, 0) is 16.3 Å². The van der Waals surface area contributed by atoms with E-state index in [1.54, 1.807) is 0 Å². The zero-order valence-electron chi connectivity index (χ0n) is 9.62. The van der Waals surface area contributed by atoms with Crippen LogP contribution in [0.5, 0.6) is 0 Å². The van der Waals surface area contributed by atoms with Gasteiger partial charge < -0.3 is 10.4 Å². The minimum absolute atomic E-state index is 0.0838. The van der Waals surface area contributed by atoms with Crippen molar-refractivity contribution in [3.05, 3.63) is 35.9 Å². The summed E-state index contributed by atoms with van der Waals surface area (Å²) in [6, 6.07) is 9.86. The molecule has 0 amide bonds. The highest BCUT2D eigenvalue weighted by atomic mass is 32.2. The smallest absolute Gasteiger partial charge is 0.159 e. The molecular formula is C12H18NO3S+. The molecule has 1 aromatic carbocycles. The van der Waals surface area contributed by atoms with Crippen LogP contribution < -0.4 is 5.32 Å². The first kappa shape index (κ1) is 12.5. The summed E-state index contributed by atoms with van der Waals surface area (Å²) in [5.41, 5.74) is 1.24. The van der Waals surface area contributed by atoms with Crippen molar-refractivity contribution in [1.82, 2.24) is 0 Å². The van der Waals surface area contributed by atoms with Crippen LogP contribution in [0.25, 0.3) is 0 Å². The first-order chi connectivity index (χ1) is 8.07. The Bertz CT molecular complexity index is 458. The van der Waals surface area contributed by atoms with Crippen molar-refractivity contribution >= 4 is 9.84 Å². The molecule has 0 radical (unpaired) electrons. The second-order valence-corrected chi connectivity index (χ2v) is 6.72. The number of aliphatic hydroxyl groups excluding tert-OH is 1. The van der Waals surface area contributed by atoms with Crippen LogP contribution in [-0.4, -0.2) is 43.7 Å². The van der Waals surface area contributed by atoms with Gasteiger partial charge in [0.1, 0.15) is 17.9 Å². The number of hydrogen-bond donors (Lipinski definition) is 2. The largest absolute Gasteiger partial charge is 0.386 e. The van der Waals surface area contributed by atoms with Crippen molar-refractivity contribution in [3.8, 4) is 0 Å². The van der Waals surface area contributed by atoms with Gasteiger partial charge in [0.05, 0.1) is 12.3 Å². The molecule has 1 saturated heterocycles. The third-order valence-corrected chi connectivity index (χ3v) is 4.85. The fourth-order valence-electron chi connectivity index (χ4n) is 2.19. The van der Waals surface area contributed by atoms with Crippen molar-refractivity contribution < 1.29 is 18.8 Å².